The van der Waals surface area contributed by atoms with Gasteiger partial charge in [0.1, 0.15) is 11.6 Å². The number of fused-ring (bicyclic) bond motifs is 1. The van der Waals surface area contributed by atoms with Gasteiger partial charge in [-0.3, -0.25) is 0 Å². The third-order valence-corrected chi connectivity index (χ3v) is 6.68. The normalized spacial score (nSPS) is 18.1. The predicted molar refractivity (Wildman–Crippen MR) is 116 cm³/mol. The van der Waals surface area contributed by atoms with E-state index in [2.05, 4.69) is 34.3 Å². The number of hydrogen-bond acceptors (Lipinski definition) is 4. The molecular formula is C23H24BrFN2O3. The molecule has 0 N–H and O–H groups in total. The summed E-state index contributed by atoms with van der Waals surface area (Å²) < 4.78 is 28.2. The fourth-order valence-corrected chi connectivity index (χ4v) is 4.38. The number of ether oxygens (including phenoxy) is 2. The highest BCUT2D eigenvalue weighted by atomic mass is 79.9. The van der Waals surface area contributed by atoms with Gasteiger partial charge in [0.25, 0.3) is 0 Å². The first-order chi connectivity index (χ1) is 14.2. The van der Waals surface area contributed by atoms with E-state index in [1.165, 1.54) is 13.2 Å². The number of hydrogen-bond donors (Lipinski definition) is 0. The minimum absolute atomic E-state index is 0.0185. The van der Waals surface area contributed by atoms with E-state index in [9.17, 15) is 9.18 Å². The number of benzene rings is 2. The van der Waals surface area contributed by atoms with Crippen molar-refractivity contribution >= 4 is 32.9 Å². The van der Waals surface area contributed by atoms with Crippen molar-refractivity contribution in [1.82, 2.24) is 9.55 Å². The van der Waals surface area contributed by atoms with Gasteiger partial charge in [-0.1, -0.05) is 35.8 Å². The molecule has 2 heterocycles. The molecule has 30 heavy (non-hydrogen) atoms. The summed E-state index contributed by atoms with van der Waals surface area (Å²) in [6.07, 6.45) is 0.342. The number of nitrogens with zero attached hydrogens (tertiary/aromatic N) is 2. The van der Waals surface area contributed by atoms with Crippen molar-refractivity contribution in [2.24, 2.45) is 5.41 Å². The molecule has 3 aromatic rings. The number of rotatable bonds is 4. The van der Waals surface area contributed by atoms with Gasteiger partial charge in [0.15, 0.2) is 0 Å². The van der Waals surface area contributed by atoms with Crippen LogP contribution in [0.25, 0.3) is 11.0 Å². The number of aromatic nitrogens is 2. The topological polar surface area (TPSA) is 53.3 Å². The van der Waals surface area contributed by atoms with Crippen molar-refractivity contribution in [1.29, 1.82) is 0 Å². The highest BCUT2D eigenvalue weighted by Crippen LogP contribution is 2.40. The van der Waals surface area contributed by atoms with E-state index in [0.29, 0.717) is 30.8 Å². The Kier molecular flexibility index (Phi) is 5.45. The summed E-state index contributed by atoms with van der Waals surface area (Å²) in [7, 11) is 1.36. The zero-order valence-electron chi connectivity index (χ0n) is 17.5. The van der Waals surface area contributed by atoms with Crippen LogP contribution < -0.4 is 0 Å². The van der Waals surface area contributed by atoms with Gasteiger partial charge in [0, 0.05) is 16.3 Å². The average Bonchev–Trinajstić information content (AvgIpc) is 3.22. The molecule has 0 amide bonds. The van der Waals surface area contributed by atoms with Crippen molar-refractivity contribution in [3.05, 3.63) is 63.1 Å². The second-order valence-corrected chi connectivity index (χ2v) is 9.34. The SMILES string of the molecule is COC(=O)c1ccc2nc(Cc3cc(C)c(Br)cc3F)n([C@@H]3COCC3(C)C)c2c1. The average molecular weight is 475 g/mol. The van der Waals surface area contributed by atoms with Crippen molar-refractivity contribution in [3.63, 3.8) is 0 Å². The number of halogens is 2. The Hall–Kier alpha value is -2.25. The maximum Gasteiger partial charge on any atom is 0.337 e. The van der Waals surface area contributed by atoms with E-state index in [4.69, 9.17) is 14.5 Å². The van der Waals surface area contributed by atoms with Gasteiger partial charge in [0.05, 0.1) is 43.0 Å². The molecule has 0 bridgehead atoms. The third kappa shape index (κ3) is 3.65. The molecule has 0 unspecified atom stereocenters. The second kappa shape index (κ2) is 7.78. The molecule has 1 aliphatic heterocycles. The lowest BCUT2D eigenvalue weighted by molar-refractivity contribution is 0.0601. The number of imidazole rings is 1. The molecule has 7 heteroatoms. The van der Waals surface area contributed by atoms with Gasteiger partial charge < -0.3 is 14.0 Å². The van der Waals surface area contributed by atoms with E-state index < -0.39 is 5.97 Å². The van der Waals surface area contributed by atoms with E-state index >= 15 is 0 Å². The standard InChI is InChI=1S/C23H24BrFN2O3/c1-13-7-15(17(25)10-16(13)24)9-21-26-18-6-5-14(22(28)29-4)8-19(18)27(21)20-11-30-12-23(20,2)3/h5-8,10,20H,9,11-12H2,1-4H3/t20-/m1/s1. The number of carbonyl (C=O) groups is 1. The highest BCUT2D eigenvalue weighted by Gasteiger charge is 2.39. The van der Waals surface area contributed by atoms with Crippen LogP contribution in [0, 0.1) is 18.2 Å². The zero-order chi connectivity index (χ0) is 21.6. The fraction of sp³-hybridized carbons (Fsp3) is 0.391. The first-order valence-electron chi connectivity index (χ1n) is 9.82. The van der Waals surface area contributed by atoms with Crippen molar-refractivity contribution in [2.75, 3.05) is 20.3 Å². The van der Waals surface area contributed by atoms with Crippen molar-refractivity contribution in [2.45, 2.75) is 33.2 Å². The Morgan fingerprint density at radius 2 is 2.13 bits per heavy atom. The zero-order valence-corrected chi connectivity index (χ0v) is 19.0. The van der Waals surface area contributed by atoms with E-state index in [1.54, 1.807) is 12.1 Å². The van der Waals surface area contributed by atoms with Crippen LogP contribution in [0.15, 0.2) is 34.8 Å². The Balaban J connectivity index is 1.89. The van der Waals surface area contributed by atoms with Gasteiger partial charge in [0.2, 0.25) is 0 Å². The number of methoxy groups -OCH3 is 1. The van der Waals surface area contributed by atoms with Crippen LogP contribution in [0.1, 0.15) is 47.2 Å². The second-order valence-electron chi connectivity index (χ2n) is 8.48. The van der Waals surface area contributed by atoms with Gasteiger partial charge >= 0.3 is 5.97 Å². The summed E-state index contributed by atoms with van der Waals surface area (Å²) in [4.78, 5) is 16.9. The molecule has 0 saturated carbocycles. The van der Waals surface area contributed by atoms with E-state index in [0.717, 1.165) is 26.9 Å². The quantitative estimate of drug-likeness (QED) is 0.486. The Labute approximate surface area is 183 Å². The van der Waals surface area contributed by atoms with Gasteiger partial charge in [-0.15, -0.1) is 0 Å². The molecule has 1 fully saturated rings. The maximum absolute atomic E-state index is 14.7. The molecule has 0 spiro atoms. The summed E-state index contributed by atoms with van der Waals surface area (Å²) in [5.74, 6) is 0.0715. The van der Waals surface area contributed by atoms with Gasteiger partial charge in [-0.05, 0) is 42.3 Å². The largest absolute Gasteiger partial charge is 0.465 e. The monoisotopic (exact) mass is 474 g/mol. The minimum atomic E-state index is -0.400. The van der Waals surface area contributed by atoms with Crippen LogP contribution in [-0.4, -0.2) is 35.8 Å². The molecule has 4 rings (SSSR count). The van der Waals surface area contributed by atoms with Crippen LogP contribution in [0.2, 0.25) is 0 Å². The number of carbonyl (C=O) groups excluding carboxylic acids is 1. The van der Waals surface area contributed by atoms with Gasteiger partial charge in [-0.25, -0.2) is 14.2 Å². The van der Waals surface area contributed by atoms with Crippen LogP contribution in [0.5, 0.6) is 0 Å². The number of aryl methyl sites for hydroxylation is 1. The molecule has 1 aromatic heterocycles. The van der Waals surface area contributed by atoms with Crippen LogP contribution in [0.4, 0.5) is 4.39 Å². The fourth-order valence-electron chi connectivity index (χ4n) is 4.06. The van der Waals surface area contributed by atoms with E-state index in [1.807, 2.05) is 19.1 Å². The Morgan fingerprint density at radius 1 is 1.37 bits per heavy atom. The lowest BCUT2D eigenvalue weighted by Crippen LogP contribution is -2.27. The van der Waals surface area contributed by atoms with Crippen LogP contribution in [0.3, 0.4) is 0 Å². The Morgan fingerprint density at radius 3 is 2.80 bits per heavy atom. The maximum atomic E-state index is 14.7. The predicted octanol–water partition coefficient (Wildman–Crippen LogP) is 5.22. The number of esters is 1. The van der Waals surface area contributed by atoms with Gasteiger partial charge in [-0.2, -0.15) is 0 Å². The summed E-state index contributed by atoms with van der Waals surface area (Å²) in [5, 5.41) is 0. The highest BCUT2D eigenvalue weighted by molar-refractivity contribution is 9.10. The molecule has 0 radical (unpaired) electrons. The van der Waals surface area contributed by atoms with Crippen LogP contribution >= 0.6 is 15.9 Å². The molecular weight excluding hydrogens is 451 g/mol. The molecule has 1 atom stereocenters. The lowest BCUT2D eigenvalue weighted by atomic mass is 9.87. The molecule has 158 valence electrons. The first kappa shape index (κ1) is 21.0. The molecule has 0 aliphatic carbocycles. The minimum Gasteiger partial charge on any atom is -0.465 e. The third-order valence-electron chi connectivity index (χ3n) is 5.82. The molecule has 1 aliphatic rings. The molecule has 2 aromatic carbocycles. The summed E-state index contributed by atoms with van der Waals surface area (Å²) in [5.41, 5.74) is 3.46. The van der Waals surface area contributed by atoms with E-state index in [-0.39, 0.29) is 17.3 Å². The summed E-state index contributed by atoms with van der Waals surface area (Å²) >= 11 is 3.38. The first-order valence-corrected chi connectivity index (χ1v) is 10.6. The van der Waals surface area contributed by atoms with Crippen molar-refractivity contribution < 1.29 is 18.7 Å². The summed E-state index contributed by atoms with van der Waals surface area (Å²) in [6, 6.07) is 8.68. The smallest absolute Gasteiger partial charge is 0.337 e. The van der Waals surface area contributed by atoms with Crippen molar-refractivity contribution in [3.8, 4) is 0 Å². The Bertz CT molecular complexity index is 1140. The molecule has 1 saturated heterocycles. The lowest BCUT2D eigenvalue weighted by Gasteiger charge is -2.28. The summed E-state index contributed by atoms with van der Waals surface area (Å²) in [6.45, 7) is 7.39. The molecule has 5 nitrogen and oxygen atoms in total. The van der Waals surface area contributed by atoms with Crippen LogP contribution in [-0.2, 0) is 15.9 Å².